The molecule has 0 aromatic carbocycles. The third kappa shape index (κ3) is 3.93. The number of rotatable bonds is 6. The lowest BCUT2D eigenvalue weighted by Crippen LogP contribution is -2.53. The molecule has 4 atom stereocenters. The van der Waals surface area contributed by atoms with Crippen molar-refractivity contribution in [2.75, 3.05) is 0 Å². The number of carbonyl (C=O) groups is 3. The molecule has 2 amide bonds. The maximum Gasteiger partial charge on any atom is 0.326 e. The number of nitrogens with zero attached hydrogens (tertiary/aromatic N) is 1. The van der Waals surface area contributed by atoms with Gasteiger partial charge in [-0.25, -0.2) is 4.79 Å². The maximum absolute atomic E-state index is 12.1. The third-order valence-corrected chi connectivity index (χ3v) is 3.87. The van der Waals surface area contributed by atoms with Crippen LogP contribution in [0.25, 0.3) is 0 Å². The number of amides is 2. The SMILES string of the molecule is CC1CCC(C)N1C(C)C(=O)NC(CC(N)=O)C(=O)O. The van der Waals surface area contributed by atoms with Gasteiger partial charge in [-0.05, 0) is 33.6 Å². The van der Waals surface area contributed by atoms with Crippen molar-refractivity contribution in [2.45, 2.75) is 64.2 Å². The van der Waals surface area contributed by atoms with Gasteiger partial charge in [0.25, 0.3) is 0 Å². The largest absolute Gasteiger partial charge is 0.480 e. The normalized spacial score (nSPS) is 25.9. The number of nitrogens with one attached hydrogen (secondary N) is 1. The molecule has 1 aliphatic rings. The van der Waals surface area contributed by atoms with Crippen molar-refractivity contribution < 1.29 is 19.5 Å². The molecule has 1 saturated heterocycles. The summed E-state index contributed by atoms with van der Waals surface area (Å²) in [6, 6.07) is -1.14. The van der Waals surface area contributed by atoms with Gasteiger partial charge >= 0.3 is 5.97 Å². The highest BCUT2D eigenvalue weighted by Gasteiger charge is 2.35. The first-order chi connectivity index (χ1) is 9.23. The second-order valence-electron chi connectivity index (χ2n) is 5.47. The molecule has 1 rings (SSSR count). The fraction of sp³-hybridized carbons (Fsp3) is 0.769. The molecule has 4 N–H and O–H groups in total. The topological polar surface area (TPSA) is 113 Å². The summed E-state index contributed by atoms with van der Waals surface area (Å²) in [6.07, 6.45) is 1.63. The standard InChI is InChI=1S/C13H23N3O4/c1-7-4-5-8(2)16(7)9(3)12(18)15-10(13(19)20)6-11(14)17/h7-10H,4-6H2,1-3H3,(H2,14,17)(H,15,18)(H,19,20). The van der Waals surface area contributed by atoms with Crippen LogP contribution in [0.1, 0.15) is 40.0 Å². The number of hydrogen-bond acceptors (Lipinski definition) is 4. The van der Waals surface area contributed by atoms with Crippen LogP contribution in [-0.2, 0) is 14.4 Å². The van der Waals surface area contributed by atoms with Crippen molar-refractivity contribution in [3.63, 3.8) is 0 Å². The molecule has 0 bridgehead atoms. The van der Waals surface area contributed by atoms with Crippen LogP contribution in [0.4, 0.5) is 0 Å². The minimum absolute atomic E-state index is 0.283. The molecule has 1 aliphatic heterocycles. The first-order valence-electron chi connectivity index (χ1n) is 6.83. The Bertz CT molecular complexity index is 389. The molecule has 0 saturated carbocycles. The summed E-state index contributed by atoms with van der Waals surface area (Å²) in [5.41, 5.74) is 4.99. The van der Waals surface area contributed by atoms with E-state index in [9.17, 15) is 14.4 Å². The molecule has 0 aromatic rings. The van der Waals surface area contributed by atoms with Gasteiger partial charge < -0.3 is 16.2 Å². The Morgan fingerprint density at radius 3 is 2.20 bits per heavy atom. The minimum atomic E-state index is -1.27. The molecule has 7 nitrogen and oxygen atoms in total. The number of carbonyl (C=O) groups excluding carboxylic acids is 2. The van der Waals surface area contributed by atoms with E-state index in [1.54, 1.807) is 6.92 Å². The molecule has 0 spiro atoms. The van der Waals surface area contributed by atoms with Crippen molar-refractivity contribution >= 4 is 17.8 Å². The van der Waals surface area contributed by atoms with Crippen LogP contribution < -0.4 is 11.1 Å². The van der Waals surface area contributed by atoms with Crippen molar-refractivity contribution in [1.29, 1.82) is 0 Å². The van der Waals surface area contributed by atoms with E-state index in [2.05, 4.69) is 10.2 Å². The maximum atomic E-state index is 12.1. The van der Waals surface area contributed by atoms with E-state index < -0.39 is 30.4 Å². The fourth-order valence-corrected chi connectivity index (χ4v) is 2.81. The summed E-state index contributed by atoms with van der Waals surface area (Å²) in [6.45, 7) is 5.84. The van der Waals surface area contributed by atoms with E-state index in [4.69, 9.17) is 10.8 Å². The van der Waals surface area contributed by atoms with Crippen LogP contribution in [0, 0.1) is 0 Å². The lowest BCUT2D eigenvalue weighted by atomic mass is 10.1. The molecule has 1 heterocycles. The summed E-state index contributed by atoms with van der Waals surface area (Å²) in [7, 11) is 0. The van der Waals surface area contributed by atoms with Gasteiger partial charge in [0.2, 0.25) is 11.8 Å². The highest BCUT2D eigenvalue weighted by Crippen LogP contribution is 2.25. The van der Waals surface area contributed by atoms with Crippen LogP contribution in [0.15, 0.2) is 0 Å². The van der Waals surface area contributed by atoms with Crippen LogP contribution >= 0.6 is 0 Å². The van der Waals surface area contributed by atoms with Gasteiger partial charge in [-0.15, -0.1) is 0 Å². The van der Waals surface area contributed by atoms with E-state index >= 15 is 0 Å². The Labute approximate surface area is 118 Å². The van der Waals surface area contributed by atoms with E-state index in [0.29, 0.717) is 0 Å². The summed E-state index contributed by atoms with van der Waals surface area (Å²) in [5, 5.41) is 11.4. The van der Waals surface area contributed by atoms with Gasteiger partial charge in [0.15, 0.2) is 0 Å². The molecular formula is C13H23N3O4. The summed E-state index contributed by atoms with van der Waals surface area (Å²) < 4.78 is 0. The average molecular weight is 285 g/mol. The van der Waals surface area contributed by atoms with E-state index in [1.165, 1.54) is 0 Å². The fourth-order valence-electron chi connectivity index (χ4n) is 2.81. The highest BCUT2D eigenvalue weighted by atomic mass is 16.4. The quantitative estimate of drug-likeness (QED) is 0.620. The van der Waals surface area contributed by atoms with Gasteiger partial charge in [0, 0.05) is 12.1 Å². The Hall–Kier alpha value is -1.63. The molecule has 0 aromatic heterocycles. The second-order valence-corrected chi connectivity index (χ2v) is 5.47. The number of nitrogens with two attached hydrogens (primary N) is 1. The first kappa shape index (κ1) is 16.4. The summed E-state index contributed by atoms with van der Waals surface area (Å²) in [4.78, 5) is 36.0. The lowest BCUT2D eigenvalue weighted by molar-refractivity contribution is -0.144. The summed E-state index contributed by atoms with van der Waals surface area (Å²) in [5.74, 6) is -2.40. The number of hydrogen-bond donors (Lipinski definition) is 3. The molecule has 20 heavy (non-hydrogen) atoms. The molecule has 114 valence electrons. The zero-order valence-corrected chi connectivity index (χ0v) is 12.1. The number of carboxylic acids is 1. The number of aliphatic carboxylic acids is 1. The zero-order valence-electron chi connectivity index (χ0n) is 12.1. The van der Waals surface area contributed by atoms with Crippen LogP contribution in [0.3, 0.4) is 0 Å². The molecule has 4 unspecified atom stereocenters. The monoisotopic (exact) mass is 285 g/mol. The molecule has 1 fully saturated rings. The lowest BCUT2D eigenvalue weighted by Gasteiger charge is -2.32. The van der Waals surface area contributed by atoms with Gasteiger partial charge in [-0.2, -0.15) is 0 Å². The van der Waals surface area contributed by atoms with Crippen LogP contribution in [0.5, 0.6) is 0 Å². The Morgan fingerprint density at radius 2 is 1.80 bits per heavy atom. The van der Waals surface area contributed by atoms with Crippen molar-refractivity contribution in [3.8, 4) is 0 Å². The van der Waals surface area contributed by atoms with E-state index in [-0.39, 0.29) is 18.0 Å². The number of carboxylic acid groups (broad SMARTS) is 1. The van der Waals surface area contributed by atoms with Crippen molar-refractivity contribution in [3.05, 3.63) is 0 Å². The molecule has 0 radical (unpaired) electrons. The molecule has 7 heteroatoms. The minimum Gasteiger partial charge on any atom is -0.480 e. The predicted octanol–water partition coefficient (Wildman–Crippen LogP) is -0.307. The van der Waals surface area contributed by atoms with Gasteiger partial charge in [0.05, 0.1) is 12.5 Å². The average Bonchev–Trinajstić information content (AvgIpc) is 2.66. The van der Waals surface area contributed by atoms with Crippen LogP contribution in [0.2, 0.25) is 0 Å². The highest BCUT2D eigenvalue weighted by molar-refractivity contribution is 5.89. The van der Waals surface area contributed by atoms with Gasteiger partial charge in [-0.1, -0.05) is 0 Å². The second kappa shape index (κ2) is 6.69. The molecular weight excluding hydrogens is 262 g/mol. The Morgan fingerprint density at radius 1 is 1.30 bits per heavy atom. The third-order valence-electron chi connectivity index (χ3n) is 3.87. The van der Waals surface area contributed by atoms with Crippen molar-refractivity contribution in [2.24, 2.45) is 5.73 Å². The van der Waals surface area contributed by atoms with Gasteiger partial charge in [0.1, 0.15) is 6.04 Å². The Kier molecular flexibility index (Phi) is 5.50. The molecule has 0 aliphatic carbocycles. The zero-order chi connectivity index (χ0) is 15.4. The van der Waals surface area contributed by atoms with Crippen LogP contribution in [-0.4, -0.2) is 52.0 Å². The first-order valence-corrected chi connectivity index (χ1v) is 6.83. The smallest absolute Gasteiger partial charge is 0.326 e. The number of primary amides is 1. The van der Waals surface area contributed by atoms with E-state index in [0.717, 1.165) is 12.8 Å². The van der Waals surface area contributed by atoms with Crippen molar-refractivity contribution in [1.82, 2.24) is 10.2 Å². The number of likely N-dealkylation sites (tertiary alicyclic amines) is 1. The van der Waals surface area contributed by atoms with Gasteiger partial charge in [-0.3, -0.25) is 14.5 Å². The predicted molar refractivity (Wildman–Crippen MR) is 72.8 cm³/mol. The van der Waals surface area contributed by atoms with E-state index in [1.807, 2.05) is 13.8 Å². The summed E-state index contributed by atoms with van der Waals surface area (Å²) >= 11 is 0. The Balaban J connectivity index is 2.68.